The van der Waals surface area contributed by atoms with Gasteiger partial charge in [-0.2, -0.15) is 0 Å². The lowest BCUT2D eigenvalue weighted by Gasteiger charge is -2.19. The molecule has 5 heteroatoms. The number of Topliss-reactive ketones (excluding diaryl/α,β-unsaturated/α-hetero) is 1. The maximum absolute atomic E-state index is 12.8. The minimum absolute atomic E-state index is 0.191. The van der Waals surface area contributed by atoms with Crippen LogP contribution >= 0.6 is 0 Å². The first kappa shape index (κ1) is 22.3. The zero-order chi connectivity index (χ0) is 22.9. The van der Waals surface area contributed by atoms with E-state index in [1.165, 1.54) is 5.56 Å². The SMILES string of the molecule is CC(=O)Cc1cccc(C2CCN(Cc3cn(C(=O)OC(C)(C)C)c4ccccc34)C2)c1. The Labute approximate surface area is 190 Å². The monoisotopic (exact) mass is 432 g/mol. The number of carbonyl (C=O) groups excluding carboxylic acids is 2. The Hall–Kier alpha value is -2.92. The predicted octanol–water partition coefficient (Wildman–Crippen LogP) is 5.55. The highest BCUT2D eigenvalue weighted by Gasteiger charge is 2.26. The molecule has 0 amide bonds. The Morgan fingerprint density at radius 2 is 1.88 bits per heavy atom. The van der Waals surface area contributed by atoms with Gasteiger partial charge in [-0.15, -0.1) is 0 Å². The number of ether oxygens (including phenoxy) is 1. The van der Waals surface area contributed by atoms with Crippen molar-refractivity contribution < 1.29 is 14.3 Å². The van der Waals surface area contributed by atoms with Crippen LogP contribution in [-0.4, -0.2) is 40.0 Å². The third kappa shape index (κ3) is 5.10. The summed E-state index contributed by atoms with van der Waals surface area (Å²) in [5.41, 5.74) is 3.88. The van der Waals surface area contributed by atoms with Gasteiger partial charge in [0.25, 0.3) is 0 Å². The summed E-state index contributed by atoms with van der Waals surface area (Å²) >= 11 is 0. The molecule has 1 aliphatic rings. The van der Waals surface area contributed by atoms with Crippen molar-refractivity contribution in [3.8, 4) is 0 Å². The van der Waals surface area contributed by atoms with E-state index in [1.807, 2.05) is 51.2 Å². The number of fused-ring (bicyclic) bond motifs is 1. The molecule has 1 saturated heterocycles. The number of carbonyl (C=O) groups is 2. The van der Waals surface area contributed by atoms with Gasteiger partial charge in [-0.25, -0.2) is 4.79 Å². The lowest BCUT2D eigenvalue weighted by molar-refractivity contribution is -0.116. The standard InChI is InChI=1S/C27H32N2O3/c1-19(30)14-20-8-7-9-21(15-20)22-12-13-28(16-22)17-23-18-29(26(31)32-27(2,3)4)25-11-6-5-10-24(23)25/h5-11,15,18,22H,12-14,16-17H2,1-4H3. The van der Waals surface area contributed by atoms with Gasteiger partial charge in [-0.1, -0.05) is 42.5 Å². The first-order valence-electron chi connectivity index (χ1n) is 11.3. The van der Waals surface area contributed by atoms with E-state index in [2.05, 4.69) is 29.2 Å². The molecule has 0 bridgehead atoms. The van der Waals surface area contributed by atoms with Crippen molar-refractivity contribution in [3.63, 3.8) is 0 Å². The van der Waals surface area contributed by atoms with Crippen LogP contribution in [0.2, 0.25) is 0 Å². The second-order valence-corrected chi connectivity index (χ2v) is 9.87. The van der Waals surface area contributed by atoms with Crippen molar-refractivity contribution in [2.45, 2.75) is 58.6 Å². The number of likely N-dealkylation sites (tertiary alicyclic amines) is 1. The number of rotatable bonds is 5. The molecule has 1 aromatic heterocycles. The van der Waals surface area contributed by atoms with Crippen molar-refractivity contribution in [2.75, 3.05) is 13.1 Å². The minimum Gasteiger partial charge on any atom is -0.443 e. The highest BCUT2D eigenvalue weighted by Crippen LogP contribution is 2.31. The van der Waals surface area contributed by atoms with Crippen LogP contribution in [0.1, 0.15) is 56.7 Å². The van der Waals surface area contributed by atoms with Crippen molar-refractivity contribution in [3.05, 3.63) is 71.4 Å². The zero-order valence-corrected chi connectivity index (χ0v) is 19.4. The number of para-hydroxylation sites is 1. The molecule has 2 heterocycles. The lowest BCUT2D eigenvalue weighted by Crippen LogP contribution is -2.26. The summed E-state index contributed by atoms with van der Waals surface area (Å²) in [5.74, 6) is 0.651. The maximum atomic E-state index is 12.8. The van der Waals surface area contributed by atoms with Gasteiger partial charge in [0.1, 0.15) is 11.4 Å². The Bertz CT molecular complexity index is 1140. The molecule has 0 radical (unpaired) electrons. The average Bonchev–Trinajstić information content (AvgIpc) is 3.32. The van der Waals surface area contributed by atoms with Crippen molar-refractivity contribution in [1.29, 1.82) is 0 Å². The Balaban J connectivity index is 1.51. The van der Waals surface area contributed by atoms with E-state index in [0.29, 0.717) is 12.3 Å². The van der Waals surface area contributed by atoms with E-state index >= 15 is 0 Å². The van der Waals surface area contributed by atoms with Crippen LogP contribution < -0.4 is 0 Å². The third-order valence-corrected chi connectivity index (χ3v) is 5.93. The summed E-state index contributed by atoms with van der Waals surface area (Å²) in [5, 5.41) is 1.09. The summed E-state index contributed by atoms with van der Waals surface area (Å²) in [6.07, 6.45) is 3.17. The minimum atomic E-state index is -0.540. The average molecular weight is 433 g/mol. The largest absolute Gasteiger partial charge is 0.443 e. The molecule has 168 valence electrons. The van der Waals surface area contributed by atoms with E-state index in [-0.39, 0.29) is 11.9 Å². The fourth-order valence-electron chi connectivity index (χ4n) is 4.57. The van der Waals surface area contributed by atoms with Gasteiger partial charge in [-0.3, -0.25) is 14.3 Å². The predicted molar refractivity (Wildman–Crippen MR) is 127 cm³/mol. The normalized spacial score (nSPS) is 17.1. The molecule has 0 N–H and O–H groups in total. The summed E-state index contributed by atoms with van der Waals surface area (Å²) in [6.45, 7) is 10.1. The Kier molecular flexibility index (Phi) is 6.20. The van der Waals surface area contributed by atoms with Gasteiger partial charge in [-0.05, 0) is 69.3 Å². The summed E-state index contributed by atoms with van der Waals surface area (Å²) in [4.78, 5) is 26.7. The van der Waals surface area contributed by atoms with Crippen LogP contribution in [0.4, 0.5) is 4.79 Å². The van der Waals surface area contributed by atoms with Crippen molar-refractivity contribution >= 4 is 22.8 Å². The van der Waals surface area contributed by atoms with E-state index in [0.717, 1.165) is 48.1 Å². The van der Waals surface area contributed by atoms with E-state index in [1.54, 1.807) is 11.5 Å². The summed E-state index contributed by atoms with van der Waals surface area (Å²) in [6, 6.07) is 16.5. The van der Waals surface area contributed by atoms with E-state index in [4.69, 9.17) is 4.74 Å². The first-order valence-corrected chi connectivity index (χ1v) is 11.3. The highest BCUT2D eigenvalue weighted by atomic mass is 16.6. The van der Waals surface area contributed by atoms with Gasteiger partial charge < -0.3 is 4.74 Å². The topological polar surface area (TPSA) is 51.5 Å². The summed E-state index contributed by atoms with van der Waals surface area (Å²) < 4.78 is 7.25. The molecule has 1 fully saturated rings. The number of aromatic nitrogens is 1. The summed E-state index contributed by atoms with van der Waals surface area (Å²) in [7, 11) is 0. The molecule has 4 rings (SSSR count). The second kappa shape index (κ2) is 8.91. The zero-order valence-electron chi connectivity index (χ0n) is 19.4. The maximum Gasteiger partial charge on any atom is 0.419 e. The van der Waals surface area contributed by atoms with Gasteiger partial charge in [0.15, 0.2) is 0 Å². The first-order chi connectivity index (χ1) is 15.2. The number of nitrogens with zero attached hydrogens (tertiary/aromatic N) is 2. The molecule has 2 aromatic carbocycles. The highest BCUT2D eigenvalue weighted by molar-refractivity contribution is 5.92. The molecule has 1 atom stereocenters. The molecule has 0 spiro atoms. The molecular weight excluding hydrogens is 400 g/mol. The fraction of sp³-hybridized carbons (Fsp3) is 0.407. The quantitative estimate of drug-likeness (QED) is 0.531. The number of hydrogen-bond acceptors (Lipinski definition) is 4. The van der Waals surface area contributed by atoms with Gasteiger partial charge in [0, 0.05) is 31.1 Å². The molecule has 3 aromatic rings. The van der Waals surface area contributed by atoms with Crippen LogP contribution in [0.15, 0.2) is 54.7 Å². The van der Waals surface area contributed by atoms with Crippen molar-refractivity contribution in [1.82, 2.24) is 9.47 Å². The molecule has 5 nitrogen and oxygen atoms in total. The van der Waals surface area contributed by atoms with Crippen molar-refractivity contribution in [2.24, 2.45) is 0 Å². The molecule has 1 aliphatic heterocycles. The van der Waals surface area contributed by atoms with Gasteiger partial charge in [0.2, 0.25) is 0 Å². The molecule has 0 saturated carbocycles. The van der Waals surface area contributed by atoms with Crippen LogP contribution in [-0.2, 0) is 22.5 Å². The molecular formula is C27H32N2O3. The second-order valence-electron chi connectivity index (χ2n) is 9.87. The Morgan fingerprint density at radius 3 is 2.62 bits per heavy atom. The molecule has 0 aliphatic carbocycles. The van der Waals surface area contributed by atoms with Gasteiger partial charge in [0.05, 0.1) is 5.52 Å². The van der Waals surface area contributed by atoms with Gasteiger partial charge >= 0.3 is 6.09 Å². The number of ketones is 1. The number of hydrogen-bond donors (Lipinski definition) is 0. The Morgan fingerprint density at radius 1 is 1.09 bits per heavy atom. The molecule has 1 unspecified atom stereocenters. The third-order valence-electron chi connectivity index (χ3n) is 5.93. The molecule has 32 heavy (non-hydrogen) atoms. The number of benzene rings is 2. The van der Waals surface area contributed by atoms with Crippen LogP contribution in [0.3, 0.4) is 0 Å². The van der Waals surface area contributed by atoms with Crippen LogP contribution in [0.25, 0.3) is 10.9 Å². The van der Waals surface area contributed by atoms with Crippen LogP contribution in [0, 0.1) is 0 Å². The van der Waals surface area contributed by atoms with E-state index < -0.39 is 5.60 Å². The lowest BCUT2D eigenvalue weighted by atomic mass is 9.95. The smallest absolute Gasteiger partial charge is 0.419 e. The van der Waals surface area contributed by atoms with Crippen LogP contribution in [0.5, 0.6) is 0 Å². The van der Waals surface area contributed by atoms with E-state index in [9.17, 15) is 9.59 Å². The fourth-order valence-corrected chi connectivity index (χ4v) is 4.57.